The van der Waals surface area contributed by atoms with Gasteiger partial charge < -0.3 is 5.11 Å². The lowest BCUT2D eigenvalue weighted by molar-refractivity contribution is -0.0460. The van der Waals surface area contributed by atoms with Crippen molar-refractivity contribution >= 4 is 0 Å². The highest BCUT2D eigenvalue weighted by Gasteiger charge is 2.37. The molecule has 2 fully saturated rings. The molecular weight excluding hydrogens is 208 g/mol. The van der Waals surface area contributed by atoms with Crippen LogP contribution in [0.2, 0.25) is 0 Å². The van der Waals surface area contributed by atoms with Crippen molar-refractivity contribution in [1.82, 2.24) is 0 Å². The Morgan fingerprint density at radius 2 is 1.76 bits per heavy atom. The van der Waals surface area contributed by atoms with Crippen molar-refractivity contribution in [2.45, 2.75) is 83.7 Å². The van der Waals surface area contributed by atoms with Crippen molar-refractivity contribution in [3.8, 4) is 0 Å². The van der Waals surface area contributed by atoms with Gasteiger partial charge in [0.2, 0.25) is 0 Å². The average Bonchev–Trinajstić information content (AvgIpc) is 2.29. The number of hydrogen-bond donors (Lipinski definition) is 1. The summed E-state index contributed by atoms with van der Waals surface area (Å²) in [5, 5.41) is 10.8. The second-order valence-electron chi connectivity index (χ2n) is 7.03. The van der Waals surface area contributed by atoms with Crippen LogP contribution in [0.25, 0.3) is 0 Å². The van der Waals surface area contributed by atoms with Crippen LogP contribution in [0.1, 0.15) is 78.1 Å². The summed E-state index contributed by atoms with van der Waals surface area (Å²) in [7, 11) is 0. The van der Waals surface area contributed by atoms with E-state index in [1.165, 1.54) is 44.9 Å². The summed E-state index contributed by atoms with van der Waals surface area (Å²) in [4.78, 5) is 0. The van der Waals surface area contributed by atoms with Crippen LogP contribution >= 0.6 is 0 Å². The van der Waals surface area contributed by atoms with E-state index in [0.717, 1.165) is 37.0 Å². The van der Waals surface area contributed by atoms with Crippen molar-refractivity contribution in [3.63, 3.8) is 0 Å². The second kappa shape index (κ2) is 5.73. The van der Waals surface area contributed by atoms with Gasteiger partial charge in [-0.25, -0.2) is 0 Å². The second-order valence-corrected chi connectivity index (χ2v) is 7.03. The van der Waals surface area contributed by atoms with E-state index in [1.54, 1.807) is 0 Å². The molecule has 1 nitrogen and oxygen atoms in total. The molecule has 0 saturated heterocycles. The summed E-state index contributed by atoms with van der Waals surface area (Å²) in [6, 6.07) is 0. The van der Waals surface area contributed by atoms with Gasteiger partial charge >= 0.3 is 0 Å². The van der Waals surface area contributed by atoms with Gasteiger partial charge in [-0.2, -0.15) is 0 Å². The van der Waals surface area contributed by atoms with Crippen molar-refractivity contribution in [2.24, 2.45) is 17.8 Å². The fraction of sp³-hybridized carbons (Fsp3) is 1.00. The quantitative estimate of drug-likeness (QED) is 0.765. The molecule has 0 aromatic heterocycles. The first-order valence-electron chi connectivity index (χ1n) is 7.81. The van der Waals surface area contributed by atoms with Crippen molar-refractivity contribution in [1.29, 1.82) is 0 Å². The van der Waals surface area contributed by atoms with E-state index in [9.17, 15) is 5.11 Å². The number of rotatable bonds is 3. The van der Waals surface area contributed by atoms with Gasteiger partial charge in [-0.1, -0.05) is 52.4 Å². The van der Waals surface area contributed by atoms with E-state index in [1.807, 2.05) is 0 Å². The molecule has 1 heteroatoms. The lowest BCUT2D eigenvalue weighted by Gasteiger charge is -2.41. The summed E-state index contributed by atoms with van der Waals surface area (Å²) in [6.07, 6.45) is 12.8. The fourth-order valence-corrected chi connectivity index (χ4v) is 4.07. The largest absolute Gasteiger partial charge is 0.390 e. The first kappa shape index (κ1) is 13.4. The van der Waals surface area contributed by atoms with Crippen LogP contribution in [0.5, 0.6) is 0 Å². The lowest BCUT2D eigenvalue weighted by atomic mass is 9.69. The van der Waals surface area contributed by atoms with E-state index in [4.69, 9.17) is 0 Å². The molecule has 2 saturated carbocycles. The Kier molecular flexibility index (Phi) is 4.52. The Morgan fingerprint density at radius 3 is 2.41 bits per heavy atom. The Hall–Kier alpha value is -0.0400. The van der Waals surface area contributed by atoms with Gasteiger partial charge in [0, 0.05) is 0 Å². The van der Waals surface area contributed by atoms with Crippen LogP contribution in [0.3, 0.4) is 0 Å². The number of hydrogen-bond acceptors (Lipinski definition) is 1. The minimum absolute atomic E-state index is 0.310. The van der Waals surface area contributed by atoms with Gasteiger partial charge in [-0.05, 0) is 43.4 Å². The maximum atomic E-state index is 10.8. The highest BCUT2D eigenvalue weighted by molar-refractivity contribution is 4.89. The highest BCUT2D eigenvalue weighted by atomic mass is 16.3. The molecule has 2 aliphatic rings. The third-order valence-electron chi connectivity index (χ3n) is 5.20. The monoisotopic (exact) mass is 238 g/mol. The molecule has 2 unspecified atom stereocenters. The standard InChI is InChI=1S/C16H30O/c1-13(2)15-9-6-10-16(17,12-15)11-14-7-4-3-5-8-14/h13-15,17H,3-12H2,1-2H3. The summed E-state index contributed by atoms with van der Waals surface area (Å²) >= 11 is 0. The summed E-state index contributed by atoms with van der Waals surface area (Å²) in [6.45, 7) is 4.63. The minimum Gasteiger partial charge on any atom is -0.390 e. The van der Waals surface area contributed by atoms with Crippen LogP contribution in [-0.4, -0.2) is 10.7 Å². The summed E-state index contributed by atoms with van der Waals surface area (Å²) in [5.74, 6) is 2.32. The molecule has 0 radical (unpaired) electrons. The van der Waals surface area contributed by atoms with Gasteiger partial charge in [-0.15, -0.1) is 0 Å². The summed E-state index contributed by atoms with van der Waals surface area (Å²) in [5.41, 5.74) is -0.310. The normalized spacial score (nSPS) is 36.4. The molecule has 0 heterocycles. The van der Waals surface area contributed by atoms with Crippen LogP contribution in [-0.2, 0) is 0 Å². The van der Waals surface area contributed by atoms with Gasteiger partial charge in [0.05, 0.1) is 5.60 Å². The Morgan fingerprint density at radius 1 is 1.06 bits per heavy atom. The SMILES string of the molecule is CC(C)C1CCCC(O)(CC2CCCCC2)C1. The van der Waals surface area contributed by atoms with Crippen molar-refractivity contribution in [2.75, 3.05) is 0 Å². The molecule has 100 valence electrons. The molecule has 0 aromatic carbocycles. The molecule has 2 rings (SSSR count). The Bertz CT molecular complexity index is 230. The van der Waals surface area contributed by atoms with E-state index < -0.39 is 0 Å². The van der Waals surface area contributed by atoms with Crippen molar-refractivity contribution in [3.05, 3.63) is 0 Å². The first-order valence-corrected chi connectivity index (χ1v) is 7.81. The predicted molar refractivity (Wildman–Crippen MR) is 72.9 cm³/mol. The molecule has 2 aliphatic carbocycles. The third kappa shape index (κ3) is 3.71. The van der Waals surface area contributed by atoms with Crippen LogP contribution in [0, 0.1) is 17.8 Å². The number of aliphatic hydroxyl groups is 1. The molecular formula is C16H30O. The van der Waals surface area contributed by atoms with Gasteiger partial charge in [0.15, 0.2) is 0 Å². The molecule has 1 N–H and O–H groups in total. The van der Waals surface area contributed by atoms with Gasteiger partial charge in [0.1, 0.15) is 0 Å². The molecule has 17 heavy (non-hydrogen) atoms. The van der Waals surface area contributed by atoms with Crippen LogP contribution in [0.4, 0.5) is 0 Å². The zero-order valence-corrected chi connectivity index (χ0v) is 11.8. The van der Waals surface area contributed by atoms with Gasteiger partial charge in [0.25, 0.3) is 0 Å². The van der Waals surface area contributed by atoms with E-state index in [0.29, 0.717) is 0 Å². The molecule has 0 aromatic rings. The molecule has 0 bridgehead atoms. The fourth-order valence-electron chi connectivity index (χ4n) is 4.07. The Balaban J connectivity index is 1.88. The van der Waals surface area contributed by atoms with E-state index >= 15 is 0 Å². The van der Waals surface area contributed by atoms with Crippen LogP contribution < -0.4 is 0 Å². The van der Waals surface area contributed by atoms with E-state index in [-0.39, 0.29) is 5.60 Å². The first-order chi connectivity index (χ1) is 8.09. The third-order valence-corrected chi connectivity index (χ3v) is 5.20. The maximum absolute atomic E-state index is 10.8. The van der Waals surface area contributed by atoms with Crippen LogP contribution in [0.15, 0.2) is 0 Å². The van der Waals surface area contributed by atoms with Gasteiger partial charge in [-0.3, -0.25) is 0 Å². The average molecular weight is 238 g/mol. The zero-order valence-electron chi connectivity index (χ0n) is 11.8. The Labute approximate surface area is 107 Å². The predicted octanol–water partition coefficient (Wildman–Crippen LogP) is 4.53. The zero-order chi connectivity index (χ0) is 12.3. The lowest BCUT2D eigenvalue weighted by Crippen LogP contribution is -2.38. The minimum atomic E-state index is -0.310. The summed E-state index contributed by atoms with van der Waals surface area (Å²) < 4.78 is 0. The maximum Gasteiger partial charge on any atom is 0.0653 e. The topological polar surface area (TPSA) is 20.2 Å². The van der Waals surface area contributed by atoms with E-state index in [2.05, 4.69) is 13.8 Å². The smallest absolute Gasteiger partial charge is 0.0653 e. The molecule has 0 amide bonds. The molecule has 0 spiro atoms. The molecule has 2 atom stereocenters. The van der Waals surface area contributed by atoms with Crippen molar-refractivity contribution < 1.29 is 5.11 Å². The molecule has 0 aliphatic heterocycles. The highest BCUT2D eigenvalue weighted by Crippen LogP contribution is 2.42.